The molecule has 2 aliphatic heterocycles. The number of rotatable bonds is 6. The molecule has 3 heterocycles. The van der Waals surface area contributed by atoms with Gasteiger partial charge in [0, 0.05) is 64.2 Å². The molecule has 27 heavy (non-hydrogen) atoms. The Morgan fingerprint density at radius 1 is 1.22 bits per heavy atom. The Balaban J connectivity index is 1.69. The minimum atomic E-state index is 0.152. The van der Waals surface area contributed by atoms with Gasteiger partial charge in [-0.05, 0) is 58.2 Å². The molecule has 6 heteroatoms. The van der Waals surface area contributed by atoms with Crippen LogP contribution in [0.2, 0.25) is 0 Å². The lowest BCUT2D eigenvalue weighted by atomic mass is 9.86. The van der Waals surface area contributed by atoms with Gasteiger partial charge in [0.15, 0.2) is 0 Å². The smallest absolute Gasteiger partial charge is 0.270 e. The summed E-state index contributed by atoms with van der Waals surface area (Å²) in [5, 5.41) is 9.35. The van der Waals surface area contributed by atoms with Crippen molar-refractivity contribution in [1.29, 1.82) is 0 Å². The molecule has 2 aliphatic rings. The van der Waals surface area contributed by atoms with E-state index >= 15 is 0 Å². The minimum Gasteiger partial charge on any atom is -0.396 e. The summed E-state index contributed by atoms with van der Waals surface area (Å²) in [6.07, 6.45) is 4.84. The fourth-order valence-corrected chi connectivity index (χ4v) is 4.66. The van der Waals surface area contributed by atoms with Crippen LogP contribution in [0, 0.1) is 5.92 Å². The molecule has 0 unspecified atom stereocenters. The van der Waals surface area contributed by atoms with Crippen LogP contribution in [0.3, 0.4) is 0 Å². The molecule has 0 saturated carbocycles. The first-order chi connectivity index (χ1) is 13.0. The highest BCUT2D eigenvalue weighted by atomic mass is 16.3. The third-order valence-corrected chi connectivity index (χ3v) is 6.28. The lowest BCUT2D eigenvalue weighted by Crippen LogP contribution is -2.57. The number of carbonyl (C=O) groups is 1. The van der Waals surface area contributed by atoms with E-state index in [9.17, 15) is 9.90 Å². The number of aliphatic hydroxyl groups excluding tert-OH is 1. The van der Waals surface area contributed by atoms with E-state index in [0.29, 0.717) is 12.0 Å². The molecule has 1 aromatic rings. The average molecular weight is 377 g/mol. The average Bonchev–Trinajstić information content (AvgIpc) is 3.16. The van der Waals surface area contributed by atoms with Crippen molar-refractivity contribution in [3.05, 3.63) is 24.0 Å². The Kier molecular flexibility index (Phi) is 6.95. The molecule has 2 saturated heterocycles. The maximum Gasteiger partial charge on any atom is 0.270 e. The summed E-state index contributed by atoms with van der Waals surface area (Å²) in [7, 11) is 2.19. The highest BCUT2D eigenvalue weighted by molar-refractivity contribution is 5.93. The Morgan fingerprint density at radius 3 is 2.63 bits per heavy atom. The first kappa shape index (κ1) is 20.4. The molecule has 6 nitrogen and oxygen atoms in total. The second-order valence-corrected chi connectivity index (χ2v) is 8.47. The normalized spacial score (nSPS) is 25.3. The van der Waals surface area contributed by atoms with E-state index in [4.69, 9.17) is 0 Å². The van der Waals surface area contributed by atoms with E-state index in [0.717, 1.165) is 64.2 Å². The van der Waals surface area contributed by atoms with E-state index in [-0.39, 0.29) is 18.6 Å². The van der Waals surface area contributed by atoms with Crippen molar-refractivity contribution in [2.45, 2.75) is 45.2 Å². The first-order valence-corrected chi connectivity index (χ1v) is 10.5. The molecule has 152 valence electrons. The molecule has 0 aromatic carbocycles. The number of hydrogen-bond acceptors (Lipinski definition) is 4. The second-order valence-electron chi connectivity index (χ2n) is 8.47. The lowest BCUT2D eigenvalue weighted by Gasteiger charge is -2.46. The highest BCUT2D eigenvalue weighted by Gasteiger charge is 2.36. The summed E-state index contributed by atoms with van der Waals surface area (Å²) in [4.78, 5) is 20.2. The Hall–Kier alpha value is -1.37. The van der Waals surface area contributed by atoms with Gasteiger partial charge >= 0.3 is 0 Å². The zero-order valence-corrected chi connectivity index (χ0v) is 17.2. The molecule has 3 rings (SSSR count). The molecule has 0 bridgehead atoms. The largest absolute Gasteiger partial charge is 0.396 e. The minimum absolute atomic E-state index is 0.152. The number of aromatic nitrogens is 1. The van der Waals surface area contributed by atoms with Crippen LogP contribution in [0.5, 0.6) is 0 Å². The summed E-state index contributed by atoms with van der Waals surface area (Å²) >= 11 is 0. The van der Waals surface area contributed by atoms with Gasteiger partial charge in [-0.1, -0.05) is 0 Å². The fourth-order valence-electron chi connectivity index (χ4n) is 4.66. The lowest BCUT2D eigenvalue weighted by molar-refractivity contribution is 0.0213. The van der Waals surface area contributed by atoms with Crippen molar-refractivity contribution in [2.24, 2.45) is 5.92 Å². The van der Waals surface area contributed by atoms with Gasteiger partial charge in [-0.2, -0.15) is 0 Å². The van der Waals surface area contributed by atoms with Gasteiger partial charge in [-0.3, -0.25) is 9.69 Å². The number of amides is 1. The predicted molar refractivity (Wildman–Crippen MR) is 108 cm³/mol. The van der Waals surface area contributed by atoms with Gasteiger partial charge in [-0.25, -0.2) is 0 Å². The number of likely N-dealkylation sites (tertiary alicyclic amines) is 1. The van der Waals surface area contributed by atoms with Gasteiger partial charge in [0.25, 0.3) is 5.91 Å². The van der Waals surface area contributed by atoms with Gasteiger partial charge in [-0.15, -0.1) is 0 Å². The Labute approximate surface area is 163 Å². The van der Waals surface area contributed by atoms with Crippen molar-refractivity contribution < 1.29 is 9.90 Å². The number of aliphatic hydroxyl groups is 1. The molecule has 0 spiro atoms. The van der Waals surface area contributed by atoms with Gasteiger partial charge < -0.3 is 19.5 Å². The fraction of sp³-hybridized carbons (Fsp3) is 0.762. The second kappa shape index (κ2) is 9.22. The molecule has 2 atom stereocenters. The molecule has 2 fully saturated rings. The van der Waals surface area contributed by atoms with E-state index in [1.165, 1.54) is 0 Å². The quantitative estimate of drug-likeness (QED) is 0.824. The van der Waals surface area contributed by atoms with Crippen LogP contribution in [0.15, 0.2) is 18.3 Å². The van der Waals surface area contributed by atoms with E-state index < -0.39 is 0 Å². The Morgan fingerprint density at radius 2 is 1.96 bits per heavy atom. The molecule has 1 N–H and O–H groups in total. The SMILES string of the molecule is CC(C)n1cccc1C(=O)N1CC[C@H](N2CCN(C)CC2)[C@H](CCCO)C1. The van der Waals surface area contributed by atoms with Crippen molar-refractivity contribution in [2.75, 3.05) is 52.9 Å². The molecular formula is C21H36N4O2. The molecule has 0 radical (unpaired) electrons. The third-order valence-electron chi connectivity index (χ3n) is 6.28. The predicted octanol–water partition coefficient (Wildman–Crippen LogP) is 1.92. The number of likely N-dealkylation sites (N-methyl/N-ethyl adjacent to an activating group) is 1. The van der Waals surface area contributed by atoms with Crippen LogP contribution in [-0.4, -0.2) is 89.2 Å². The van der Waals surface area contributed by atoms with Gasteiger partial charge in [0.2, 0.25) is 0 Å². The van der Waals surface area contributed by atoms with E-state index in [1.54, 1.807) is 0 Å². The number of nitrogens with zero attached hydrogens (tertiary/aromatic N) is 4. The first-order valence-electron chi connectivity index (χ1n) is 10.5. The summed E-state index contributed by atoms with van der Waals surface area (Å²) in [5.41, 5.74) is 0.795. The molecule has 1 amide bonds. The van der Waals surface area contributed by atoms with E-state index in [1.807, 2.05) is 23.2 Å². The summed E-state index contributed by atoms with van der Waals surface area (Å²) in [6, 6.07) is 4.73. The topological polar surface area (TPSA) is 52.0 Å². The summed E-state index contributed by atoms with van der Waals surface area (Å²) in [5.74, 6) is 0.597. The van der Waals surface area contributed by atoms with Gasteiger partial charge in [0.1, 0.15) is 5.69 Å². The Bertz CT molecular complexity index is 607. The van der Waals surface area contributed by atoms with Crippen LogP contribution in [0.1, 0.15) is 49.6 Å². The number of piperidine rings is 1. The van der Waals surface area contributed by atoms with Crippen LogP contribution in [-0.2, 0) is 0 Å². The van der Waals surface area contributed by atoms with Crippen LogP contribution >= 0.6 is 0 Å². The maximum atomic E-state index is 13.2. The van der Waals surface area contributed by atoms with Crippen LogP contribution in [0.25, 0.3) is 0 Å². The number of piperazine rings is 1. The monoisotopic (exact) mass is 376 g/mol. The van der Waals surface area contributed by atoms with Crippen LogP contribution < -0.4 is 0 Å². The zero-order chi connectivity index (χ0) is 19.4. The highest BCUT2D eigenvalue weighted by Crippen LogP contribution is 2.28. The summed E-state index contributed by atoms with van der Waals surface area (Å²) < 4.78 is 2.07. The van der Waals surface area contributed by atoms with Crippen molar-refractivity contribution in [3.8, 4) is 0 Å². The van der Waals surface area contributed by atoms with Crippen molar-refractivity contribution in [1.82, 2.24) is 19.3 Å². The summed E-state index contributed by atoms with van der Waals surface area (Å²) in [6.45, 7) is 10.5. The van der Waals surface area contributed by atoms with Gasteiger partial charge in [0.05, 0.1) is 0 Å². The standard InChI is InChI=1S/C21H36N4O2/c1-17(2)25-9-4-7-20(25)21(27)24-10-8-19(18(16-24)6-5-15-26)23-13-11-22(3)12-14-23/h4,7,9,17-19,26H,5-6,8,10-16H2,1-3H3/t18-,19+/m1/s1. The zero-order valence-electron chi connectivity index (χ0n) is 17.2. The number of carbonyl (C=O) groups excluding carboxylic acids is 1. The molecule has 1 aromatic heterocycles. The molecule has 0 aliphatic carbocycles. The maximum absolute atomic E-state index is 13.2. The van der Waals surface area contributed by atoms with E-state index in [2.05, 4.69) is 35.3 Å². The molecular weight excluding hydrogens is 340 g/mol. The van der Waals surface area contributed by atoms with Crippen molar-refractivity contribution in [3.63, 3.8) is 0 Å². The van der Waals surface area contributed by atoms with Crippen molar-refractivity contribution >= 4 is 5.91 Å². The number of hydrogen-bond donors (Lipinski definition) is 1. The van der Waals surface area contributed by atoms with Crippen LogP contribution in [0.4, 0.5) is 0 Å². The third kappa shape index (κ3) is 4.73.